The molecule has 11 nitrogen and oxygen atoms in total. The third kappa shape index (κ3) is 7.00. The van der Waals surface area contributed by atoms with E-state index in [1.54, 1.807) is 6.07 Å². The van der Waals surface area contributed by atoms with Crippen molar-refractivity contribution >= 4 is 52.7 Å². The molecule has 0 aromatic carbocycles. The van der Waals surface area contributed by atoms with Crippen LogP contribution >= 0.6 is 23.1 Å². The van der Waals surface area contributed by atoms with Crippen molar-refractivity contribution in [2.24, 2.45) is 0 Å². The number of hydrogen-bond donors (Lipinski definition) is 6. The summed E-state index contributed by atoms with van der Waals surface area (Å²) in [6, 6.07) is 0.397. The number of nitrogen functional groups attached to an aromatic ring is 2. The van der Waals surface area contributed by atoms with Crippen molar-refractivity contribution in [1.29, 1.82) is 0 Å². The molecule has 2 heterocycles. The third-order valence-electron chi connectivity index (χ3n) is 4.21. The zero-order valence-corrected chi connectivity index (χ0v) is 18.3. The second kappa shape index (κ2) is 10.8. The first-order chi connectivity index (χ1) is 14.6. The van der Waals surface area contributed by atoms with E-state index in [1.165, 1.54) is 23.1 Å². The van der Waals surface area contributed by atoms with Gasteiger partial charge >= 0.3 is 11.9 Å². The lowest BCUT2D eigenvalue weighted by molar-refractivity contribution is -0.140. The van der Waals surface area contributed by atoms with E-state index in [0.717, 1.165) is 10.4 Å². The predicted octanol–water partition coefficient (Wildman–Crippen LogP) is 1.08. The van der Waals surface area contributed by atoms with Crippen molar-refractivity contribution in [2.45, 2.75) is 43.5 Å². The van der Waals surface area contributed by atoms with Gasteiger partial charge in [0, 0.05) is 11.3 Å². The summed E-state index contributed by atoms with van der Waals surface area (Å²) in [5, 5.41) is 20.3. The molecule has 168 valence electrons. The van der Waals surface area contributed by atoms with Gasteiger partial charge in [0.2, 0.25) is 5.95 Å². The standard InChI is InChI=1S/C18H23N5O6S2/c1-8-7-11(15(26)21-9(17(28)29)4-5-12(24)25)31-10(8)3-2-6-30-13-14(19)22-18(20)23-16(13)27/h7,9H,2-6H2,1H3,(H,21,26)(H,24,25)(H,28,29)(H5,19,20,22,23,27)/t9-/m0/s1. The zero-order valence-electron chi connectivity index (χ0n) is 16.6. The van der Waals surface area contributed by atoms with Crippen molar-refractivity contribution in [3.8, 4) is 0 Å². The Hall–Kier alpha value is -3.06. The molecule has 0 bridgehead atoms. The minimum Gasteiger partial charge on any atom is -0.481 e. The zero-order chi connectivity index (χ0) is 23.1. The second-order valence-corrected chi connectivity index (χ2v) is 8.87. The van der Waals surface area contributed by atoms with Gasteiger partial charge in [-0.3, -0.25) is 19.4 Å². The van der Waals surface area contributed by atoms with Crippen LogP contribution in [0, 0.1) is 6.92 Å². The number of H-pyrrole nitrogens is 1. The number of carboxylic acids is 2. The Morgan fingerprint density at radius 3 is 2.65 bits per heavy atom. The summed E-state index contributed by atoms with van der Waals surface area (Å²) < 4.78 is 0. The number of hydrogen-bond acceptors (Lipinski definition) is 9. The summed E-state index contributed by atoms with van der Waals surface area (Å²) in [6.45, 7) is 1.85. The molecule has 13 heteroatoms. The lowest BCUT2D eigenvalue weighted by Crippen LogP contribution is -2.40. The lowest BCUT2D eigenvalue weighted by atomic mass is 10.1. The number of carboxylic acid groups (broad SMARTS) is 2. The molecule has 0 fully saturated rings. The van der Waals surface area contributed by atoms with Crippen molar-refractivity contribution in [2.75, 3.05) is 17.2 Å². The fraction of sp³-hybridized carbons (Fsp3) is 0.389. The highest BCUT2D eigenvalue weighted by Crippen LogP contribution is 2.26. The Morgan fingerprint density at radius 1 is 1.32 bits per heavy atom. The van der Waals surface area contributed by atoms with E-state index in [1.807, 2.05) is 6.92 Å². The Morgan fingerprint density at radius 2 is 2.03 bits per heavy atom. The minimum atomic E-state index is -1.29. The van der Waals surface area contributed by atoms with Gasteiger partial charge in [-0.05, 0) is 43.6 Å². The average Bonchev–Trinajstić information content (AvgIpc) is 3.04. The van der Waals surface area contributed by atoms with Crippen LogP contribution in [0.3, 0.4) is 0 Å². The van der Waals surface area contributed by atoms with E-state index in [-0.39, 0.29) is 24.6 Å². The number of amides is 1. The van der Waals surface area contributed by atoms with E-state index in [4.69, 9.17) is 16.6 Å². The summed E-state index contributed by atoms with van der Waals surface area (Å²) >= 11 is 2.51. The molecule has 31 heavy (non-hydrogen) atoms. The van der Waals surface area contributed by atoms with E-state index < -0.39 is 29.4 Å². The van der Waals surface area contributed by atoms with Crippen LogP contribution < -0.4 is 22.3 Å². The van der Waals surface area contributed by atoms with Crippen LogP contribution in [0.1, 0.15) is 39.4 Å². The highest BCUT2D eigenvalue weighted by atomic mass is 32.2. The monoisotopic (exact) mass is 469 g/mol. The van der Waals surface area contributed by atoms with Gasteiger partial charge in [0.15, 0.2) is 0 Å². The van der Waals surface area contributed by atoms with Crippen LogP contribution in [0.2, 0.25) is 0 Å². The number of nitrogens with two attached hydrogens (primary N) is 2. The molecule has 0 saturated heterocycles. The molecular formula is C18H23N5O6S2. The van der Waals surface area contributed by atoms with E-state index in [9.17, 15) is 24.3 Å². The molecule has 1 atom stereocenters. The number of rotatable bonds is 11. The van der Waals surface area contributed by atoms with Crippen LogP contribution in [0.25, 0.3) is 0 Å². The molecule has 0 aliphatic carbocycles. The number of carbonyl (C=O) groups is 3. The maximum absolute atomic E-state index is 12.4. The second-order valence-electron chi connectivity index (χ2n) is 6.63. The van der Waals surface area contributed by atoms with Crippen molar-refractivity contribution in [1.82, 2.24) is 15.3 Å². The SMILES string of the molecule is Cc1cc(C(=O)N[C@@H](CCC(=O)O)C(=O)O)sc1CCCSc1c(N)nc(N)[nH]c1=O. The molecule has 0 unspecified atom stereocenters. The number of aromatic nitrogens is 2. The summed E-state index contributed by atoms with van der Waals surface area (Å²) in [6.07, 6.45) is 0.790. The Kier molecular flexibility index (Phi) is 8.45. The number of carbonyl (C=O) groups excluding carboxylic acids is 1. The van der Waals surface area contributed by atoms with Crippen LogP contribution in [-0.4, -0.2) is 49.8 Å². The first-order valence-electron chi connectivity index (χ1n) is 9.21. The number of thioether (sulfide) groups is 1. The Balaban J connectivity index is 1.93. The molecule has 0 aliphatic rings. The molecule has 8 N–H and O–H groups in total. The maximum atomic E-state index is 12.4. The smallest absolute Gasteiger partial charge is 0.326 e. The third-order valence-corrected chi connectivity index (χ3v) is 6.68. The summed E-state index contributed by atoms with van der Waals surface area (Å²) in [7, 11) is 0. The van der Waals surface area contributed by atoms with Crippen molar-refractivity contribution < 1.29 is 24.6 Å². The van der Waals surface area contributed by atoms with Crippen LogP contribution in [0.15, 0.2) is 15.8 Å². The molecule has 0 spiro atoms. The number of aliphatic carboxylic acids is 2. The van der Waals surface area contributed by atoms with Crippen LogP contribution in [0.5, 0.6) is 0 Å². The van der Waals surface area contributed by atoms with Gasteiger partial charge in [-0.15, -0.1) is 23.1 Å². The van der Waals surface area contributed by atoms with Gasteiger partial charge in [-0.2, -0.15) is 4.98 Å². The van der Waals surface area contributed by atoms with Gasteiger partial charge < -0.3 is 27.0 Å². The van der Waals surface area contributed by atoms with Crippen molar-refractivity contribution in [3.63, 3.8) is 0 Å². The highest BCUT2D eigenvalue weighted by Gasteiger charge is 2.23. The number of nitrogens with one attached hydrogen (secondary N) is 2. The average molecular weight is 470 g/mol. The predicted molar refractivity (Wildman–Crippen MR) is 118 cm³/mol. The minimum absolute atomic E-state index is 0.0417. The normalized spacial score (nSPS) is 11.8. The fourth-order valence-corrected chi connectivity index (χ4v) is 4.67. The first kappa shape index (κ1) is 24.2. The molecule has 0 aliphatic heterocycles. The molecule has 2 aromatic heterocycles. The fourth-order valence-electron chi connectivity index (χ4n) is 2.68. The maximum Gasteiger partial charge on any atom is 0.326 e. The number of anilines is 2. The van der Waals surface area contributed by atoms with E-state index in [0.29, 0.717) is 28.4 Å². The van der Waals surface area contributed by atoms with Gasteiger partial charge in [-0.1, -0.05) is 0 Å². The van der Waals surface area contributed by atoms with Gasteiger partial charge in [-0.25, -0.2) is 4.79 Å². The number of nitrogens with zero attached hydrogens (tertiary/aromatic N) is 1. The van der Waals surface area contributed by atoms with Crippen LogP contribution in [0.4, 0.5) is 11.8 Å². The summed E-state index contributed by atoms with van der Waals surface area (Å²) in [5.41, 5.74) is 11.7. The highest BCUT2D eigenvalue weighted by molar-refractivity contribution is 7.99. The Bertz CT molecular complexity index is 1030. The number of aryl methyl sites for hydroxylation is 2. The topological polar surface area (TPSA) is 201 Å². The number of aromatic amines is 1. The molecule has 0 saturated carbocycles. The molecule has 2 rings (SSSR count). The van der Waals surface area contributed by atoms with Crippen LogP contribution in [-0.2, 0) is 16.0 Å². The van der Waals surface area contributed by atoms with Crippen molar-refractivity contribution in [3.05, 3.63) is 31.7 Å². The molecule has 2 aromatic rings. The summed E-state index contributed by atoms with van der Waals surface area (Å²) in [4.78, 5) is 54.0. The largest absolute Gasteiger partial charge is 0.481 e. The molecular weight excluding hydrogens is 446 g/mol. The number of thiophene rings is 1. The first-order valence-corrected chi connectivity index (χ1v) is 11.0. The van der Waals surface area contributed by atoms with Gasteiger partial charge in [0.05, 0.1) is 4.88 Å². The Labute approximate surface area is 185 Å². The summed E-state index contributed by atoms with van der Waals surface area (Å²) in [5.74, 6) is -2.35. The van der Waals surface area contributed by atoms with Gasteiger partial charge in [0.25, 0.3) is 11.5 Å². The van der Waals surface area contributed by atoms with E-state index >= 15 is 0 Å². The lowest BCUT2D eigenvalue weighted by Gasteiger charge is -2.12. The van der Waals surface area contributed by atoms with E-state index in [2.05, 4.69) is 15.3 Å². The molecule has 1 amide bonds. The molecule has 0 radical (unpaired) electrons. The van der Waals surface area contributed by atoms with Gasteiger partial charge in [0.1, 0.15) is 16.8 Å². The quantitative estimate of drug-likeness (QED) is 0.204.